The van der Waals surface area contributed by atoms with Gasteiger partial charge in [0.05, 0.1) is 20.8 Å². The molecular weight excluding hydrogens is 384 g/mol. The van der Waals surface area contributed by atoms with Gasteiger partial charge in [0.1, 0.15) is 11.4 Å². The molecule has 4 heterocycles. The number of pyridine rings is 1. The van der Waals surface area contributed by atoms with Gasteiger partial charge in [-0.25, -0.2) is 0 Å². The molecule has 1 fully saturated rings. The summed E-state index contributed by atoms with van der Waals surface area (Å²) in [4.78, 5) is 21.6. The van der Waals surface area contributed by atoms with Crippen LogP contribution in [0, 0.1) is 0 Å². The molecule has 2 aliphatic heterocycles. The number of piperidine rings is 1. The van der Waals surface area contributed by atoms with Crippen LogP contribution < -0.4 is 9.47 Å². The molecule has 9 nitrogen and oxygen atoms in total. The van der Waals surface area contributed by atoms with Crippen LogP contribution >= 0.6 is 0 Å². The molecule has 0 bridgehead atoms. The van der Waals surface area contributed by atoms with Crippen LogP contribution in [0.15, 0.2) is 12.1 Å². The molecule has 0 spiro atoms. The van der Waals surface area contributed by atoms with Crippen molar-refractivity contribution in [3.8, 4) is 11.8 Å². The van der Waals surface area contributed by atoms with Crippen molar-refractivity contribution >= 4 is 5.91 Å². The van der Waals surface area contributed by atoms with Crippen LogP contribution in [0.5, 0.6) is 11.8 Å². The Bertz CT molecular complexity index is 891. The third-order valence-corrected chi connectivity index (χ3v) is 6.03. The molecule has 30 heavy (non-hydrogen) atoms. The van der Waals surface area contributed by atoms with Crippen molar-refractivity contribution < 1.29 is 14.3 Å². The number of fused-ring (bicyclic) bond motifs is 1. The zero-order valence-electron chi connectivity index (χ0n) is 18.0. The Morgan fingerprint density at radius 2 is 1.90 bits per heavy atom. The Hall–Kier alpha value is -2.68. The van der Waals surface area contributed by atoms with E-state index in [-0.39, 0.29) is 11.8 Å². The van der Waals surface area contributed by atoms with E-state index in [9.17, 15) is 4.79 Å². The number of methoxy groups -OCH3 is 2. The lowest BCUT2D eigenvalue weighted by Gasteiger charge is -2.33. The van der Waals surface area contributed by atoms with Gasteiger partial charge in [0.25, 0.3) is 5.91 Å². The second-order valence-electron chi connectivity index (χ2n) is 7.88. The molecule has 0 aliphatic carbocycles. The highest BCUT2D eigenvalue weighted by Gasteiger charge is 2.31. The lowest BCUT2D eigenvalue weighted by atomic mass is 9.95. The summed E-state index contributed by atoms with van der Waals surface area (Å²) < 4.78 is 12.6. The van der Waals surface area contributed by atoms with Crippen LogP contribution in [0.3, 0.4) is 0 Å². The van der Waals surface area contributed by atoms with E-state index in [0.717, 1.165) is 37.6 Å². The van der Waals surface area contributed by atoms with Crippen LogP contribution in [-0.2, 0) is 13.1 Å². The largest absolute Gasteiger partial charge is 0.481 e. The highest BCUT2D eigenvalue weighted by Crippen LogP contribution is 2.29. The summed E-state index contributed by atoms with van der Waals surface area (Å²) in [7, 11) is 3.04. The van der Waals surface area contributed by atoms with Gasteiger partial charge in [-0.15, -0.1) is 10.2 Å². The number of hydrogen-bond acceptors (Lipinski definition) is 7. The van der Waals surface area contributed by atoms with Crippen molar-refractivity contribution in [3.05, 3.63) is 29.3 Å². The maximum Gasteiger partial charge on any atom is 0.259 e. The molecule has 9 heteroatoms. The first kappa shape index (κ1) is 20.6. The molecule has 162 valence electrons. The van der Waals surface area contributed by atoms with Crippen LogP contribution in [0.25, 0.3) is 0 Å². The molecule has 2 aliphatic rings. The predicted molar refractivity (Wildman–Crippen MR) is 111 cm³/mol. The molecular formula is C21H30N6O3. The molecule has 2 aromatic heterocycles. The van der Waals surface area contributed by atoms with Gasteiger partial charge in [0, 0.05) is 25.1 Å². The summed E-state index contributed by atoms with van der Waals surface area (Å²) in [5.41, 5.74) is 0.426. The van der Waals surface area contributed by atoms with Crippen molar-refractivity contribution in [2.45, 2.75) is 45.2 Å². The van der Waals surface area contributed by atoms with E-state index >= 15 is 0 Å². The number of rotatable bonds is 6. The second kappa shape index (κ2) is 8.99. The number of ether oxygens (including phenoxy) is 2. The van der Waals surface area contributed by atoms with E-state index in [2.05, 4.69) is 31.6 Å². The van der Waals surface area contributed by atoms with E-state index in [4.69, 9.17) is 9.47 Å². The number of amides is 1. The van der Waals surface area contributed by atoms with Gasteiger partial charge >= 0.3 is 0 Å². The Kier molecular flexibility index (Phi) is 6.17. The third kappa shape index (κ3) is 3.98. The van der Waals surface area contributed by atoms with Gasteiger partial charge < -0.3 is 23.8 Å². The third-order valence-electron chi connectivity index (χ3n) is 6.03. The quantitative estimate of drug-likeness (QED) is 0.714. The van der Waals surface area contributed by atoms with Crippen molar-refractivity contribution in [1.29, 1.82) is 0 Å². The summed E-state index contributed by atoms with van der Waals surface area (Å²) in [5, 5.41) is 8.94. The number of aromatic nitrogens is 4. The Labute approximate surface area is 177 Å². The van der Waals surface area contributed by atoms with Gasteiger partial charge in [-0.1, -0.05) is 6.92 Å². The van der Waals surface area contributed by atoms with E-state index in [0.29, 0.717) is 37.0 Å². The fourth-order valence-corrected chi connectivity index (χ4v) is 4.41. The SMILES string of the molecule is CCCN1CCC(c2nnc3n2CCN(C(=O)c2ccc(OC)nc2OC)C3)CC1. The normalized spacial score (nSPS) is 17.6. The fraction of sp³-hybridized carbons (Fsp3) is 0.619. The highest BCUT2D eigenvalue weighted by molar-refractivity contribution is 5.96. The van der Waals surface area contributed by atoms with Gasteiger partial charge in [0.15, 0.2) is 5.82 Å². The number of hydrogen-bond donors (Lipinski definition) is 0. The summed E-state index contributed by atoms with van der Waals surface area (Å²) in [6.07, 6.45) is 3.44. The van der Waals surface area contributed by atoms with E-state index in [1.165, 1.54) is 27.2 Å². The average molecular weight is 415 g/mol. The number of nitrogens with zero attached hydrogens (tertiary/aromatic N) is 6. The molecule has 1 amide bonds. The van der Waals surface area contributed by atoms with Crippen molar-refractivity contribution in [2.75, 3.05) is 40.4 Å². The topological polar surface area (TPSA) is 85.6 Å². The maximum absolute atomic E-state index is 13.1. The van der Waals surface area contributed by atoms with Crippen molar-refractivity contribution in [3.63, 3.8) is 0 Å². The monoisotopic (exact) mass is 414 g/mol. The van der Waals surface area contributed by atoms with E-state index in [1.807, 2.05) is 0 Å². The van der Waals surface area contributed by atoms with Crippen molar-refractivity contribution in [1.82, 2.24) is 29.5 Å². The minimum atomic E-state index is -0.120. The van der Waals surface area contributed by atoms with Gasteiger partial charge in [-0.2, -0.15) is 4.98 Å². The summed E-state index contributed by atoms with van der Waals surface area (Å²) >= 11 is 0. The minimum absolute atomic E-state index is 0.120. The summed E-state index contributed by atoms with van der Waals surface area (Å²) in [6.45, 7) is 7.41. The smallest absolute Gasteiger partial charge is 0.259 e. The van der Waals surface area contributed by atoms with E-state index in [1.54, 1.807) is 17.0 Å². The fourth-order valence-electron chi connectivity index (χ4n) is 4.41. The number of carbonyl (C=O) groups excluding carboxylic acids is 1. The molecule has 0 unspecified atom stereocenters. The first-order valence-electron chi connectivity index (χ1n) is 10.7. The summed E-state index contributed by atoms with van der Waals surface area (Å²) in [6, 6.07) is 3.37. The van der Waals surface area contributed by atoms with Gasteiger partial charge in [0.2, 0.25) is 11.8 Å². The Morgan fingerprint density at radius 3 is 2.60 bits per heavy atom. The van der Waals surface area contributed by atoms with Crippen LogP contribution in [-0.4, -0.2) is 75.9 Å². The molecule has 0 N–H and O–H groups in total. The maximum atomic E-state index is 13.1. The van der Waals surface area contributed by atoms with E-state index < -0.39 is 0 Å². The van der Waals surface area contributed by atoms with Crippen LogP contribution in [0.1, 0.15) is 54.1 Å². The summed E-state index contributed by atoms with van der Waals surface area (Å²) in [5.74, 6) is 2.94. The Morgan fingerprint density at radius 1 is 1.10 bits per heavy atom. The second-order valence-corrected chi connectivity index (χ2v) is 7.88. The van der Waals surface area contributed by atoms with Gasteiger partial charge in [-0.3, -0.25) is 4.79 Å². The van der Waals surface area contributed by atoms with Crippen LogP contribution in [0.2, 0.25) is 0 Å². The molecule has 1 saturated heterocycles. The first-order valence-corrected chi connectivity index (χ1v) is 10.7. The minimum Gasteiger partial charge on any atom is -0.481 e. The Balaban J connectivity index is 1.46. The lowest BCUT2D eigenvalue weighted by Crippen LogP contribution is -2.39. The van der Waals surface area contributed by atoms with Crippen LogP contribution in [0.4, 0.5) is 0 Å². The number of likely N-dealkylation sites (tertiary alicyclic amines) is 1. The highest BCUT2D eigenvalue weighted by atomic mass is 16.5. The molecule has 2 aromatic rings. The predicted octanol–water partition coefficient (Wildman–Crippen LogP) is 1.94. The van der Waals surface area contributed by atoms with Crippen molar-refractivity contribution in [2.24, 2.45) is 0 Å². The zero-order chi connectivity index (χ0) is 21.1. The number of carbonyl (C=O) groups is 1. The average Bonchev–Trinajstić information content (AvgIpc) is 3.22. The molecule has 0 radical (unpaired) electrons. The van der Waals surface area contributed by atoms with Gasteiger partial charge in [-0.05, 0) is 45.0 Å². The standard InChI is InChI=1S/C21H30N6O3/c1-4-9-25-10-7-15(8-11-25)19-24-23-17-14-26(12-13-27(17)19)21(28)16-5-6-18(29-2)22-20(16)30-3/h5-6,15H,4,7-14H2,1-3H3. The molecule has 4 rings (SSSR count). The first-order chi connectivity index (χ1) is 14.6. The molecule has 0 atom stereocenters. The molecule has 0 aromatic carbocycles. The lowest BCUT2D eigenvalue weighted by molar-refractivity contribution is 0.0701. The zero-order valence-corrected chi connectivity index (χ0v) is 18.0. The molecule has 0 saturated carbocycles.